The monoisotopic (exact) mass is 244 g/mol. The summed E-state index contributed by atoms with van der Waals surface area (Å²) in [7, 11) is 1.57. The molecule has 1 amide bonds. The topological polar surface area (TPSA) is 64.3 Å². The lowest BCUT2D eigenvalue weighted by Gasteiger charge is -2.01. The molecule has 0 saturated carbocycles. The first-order valence-electron chi connectivity index (χ1n) is 4.32. The molecule has 0 aromatic carbocycles. The molecule has 15 heavy (non-hydrogen) atoms. The molecule has 3 N–H and O–H groups in total. The Morgan fingerprint density at radius 2 is 2.47 bits per heavy atom. The van der Waals surface area contributed by atoms with E-state index in [1.54, 1.807) is 18.6 Å². The minimum absolute atomic E-state index is 0.125. The van der Waals surface area contributed by atoms with Gasteiger partial charge in [-0.05, 0) is 0 Å². The third-order valence-corrected chi connectivity index (χ3v) is 2.80. The summed E-state index contributed by atoms with van der Waals surface area (Å²) < 4.78 is 4.98. The molecule has 1 heterocycles. The van der Waals surface area contributed by atoms with Crippen LogP contribution in [0.4, 0.5) is 0 Å². The molecule has 0 radical (unpaired) electrons. The van der Waals surface area contributed by atoms with Crippen molar-refractivity contribution >= 4 is 34.5 Å². The number of amides is 1. The third kappa shape index (κ3) is 3.85. The van der Waals surface area contributed by atoms with E-state index in [0.29, 0.717) is 28.6 Å². The summed E-state index contributed by atoms with van der Waals surface area (Å²) in [6.07, 6.45) is 0.517. The van der Waals surface area contributed by atoms with Crippen LogP contribution in [0, 0.1) is 0 Å². The highest BCUT2D eigenvalue weighted by Gasteiger charge is 2.08. The van der Waals surface area contributed by atoms with Gasteiger partial charge in [-0.25, -0.2) is 0 Å². The number of rotatable bonds is 5. The van der Waals surface area contributed by atoms with Crippen molar-refractivity contribution in [3.05, 3.63) is 16.3 Å². The third-order valence-electron chi connectivity index (χ3n) is 1.69. The van der Waals surface area contributed by atoms with Gasteiger partial charge in [0.15, 0.2) is 0 Å². The highest BCUT2D eigenvalue weighted by atomic mass is 32.1. The van der Waals surface area contributed by atoms with E-state index < -0.39 is 0 Å². The molecule has 0 aliphatic carbocycles. The van der Waals surface area contributed by atoms with Crippen LogP contribution in [-0.2, 0) is 0 Å². The number of thiophene rings is 1. The van der Waals surface area contributed by atoms with E-state index in [2.05, 4.69) is 5.32 Å². The van der Waals surface area contributed by atoms with E-state index in [1.807, 2.05) is 0 Å². The molecule has 0 fully saturated rings. The second-order valence-corrected chi connectivity index (χ2v) is 4.26. The molecule has 0 bridgehead atoms. The van der Waals surface area contributed by atoms with Crippen LogP contribution in [0.2, 0.25) is 0 Å². The van der Waals surface area contributed by atoms with Gasteiger partial charge < -0.3 is 15.8 Å². The molecule has 0 aliphatic rings. The van der Waals surface area contributed by atoms with Crippen molar-refractivity contribution < 1.29 is 9.53 Å². The Hall–Kier alpha value is -1.14. The Balaban J connectivity index is 2.43. The quantitative estimate of drug-likeness (QED) is 0.763. The first kappa shape index (κ1) is 11.9. The zero-order chi connectivity index (χ0) is 11.3. The summed E-state index contributed by atoms with van der Waals surface area (Å²) >= 11 is 6.04. The van der Waals surface area contributed by atoms with Gasteiger partial charge in [0.05, 0.1) is 17.0 Å². The predicted octanol–water partition coefficient (Wildman–Crippen LogP) is 1.16. The molecule has 4 nitrogen and oxygen atoms in total. The van der Waals surface area contributed by atoms with Crippen LogP contribution < -0.4 is 15.8 Å². The Kier molecular flexibility index (Phi) is 4.51. The number of nitrogens with one attached hydrogen (secondary N) is 1. The number of carbonyl (C=O) groups excluding carboxylic acids is 1. The number of thiocarbonyl (C=S) groups is 1. The highest BCUT2D eigenvalue weighted by molar-refractivity contribution is 7.80. The van der Waals surface area contributed by atoms with Crippen molar-refractivity contribution in [3.63, 3.8) is 0 Å². The fourth-order valence-electron chi connectivity index (χ4n) is 0.931. The van der Waals surface area contributed by atoms with E-state index in [-0.39, 0.29) is 5.91 Å². The largest absolute Gasteiger partial charge is 0.496 e. The molecule has 0 spiro atoms. The smallest absolute Gasteiger partial charge is 0.261 e. The van der Waals surface area contributed by atoms with Crippen LogP contribution in [0.1, 0.15) is 16.1 Å². The van der Waals surface area contributed by atoms with Gasteiger partial charge in [0.2, 0.25) is 0 Å². The summed E-state index contributed by atoms with van der Waals surface area (Å²) in [5.41, 5.74) is 5.31. The predicted molar refractivity (Wildman–Crippen MR) is 64.6 cm³/mol. The van der Waals surface area contributed by atoms with Crippen LogP contribution in [0.25, 0.3) is 0 Å². The average molecular weight is 244 g/mol. The minimum atomic E-state index is -0.125. The van der Waals surface area contributed by atoms with Gasteiger partial charge in [-0.3, -0.25) is 4.79 Å². The average Bonchev–Trinajstić information content (AvgIpc) is 2.65. The molecule has 1 aromatic rings. The maximum Gasteiger partial charge on any atom is 0.261 e. The molecule has 0 saturated heterocycles. The normalized spacial score (nSPS) is 9.67. The molecule has 0 unspecified atom stereocenters. The van der Waals surface area contributed by atoms with Gasteiger partial charge in [0.1, 0.15) is 5.75 Å². The van der Waals surface area contributed by atoms with Gasteiger partial charge in [-0.2, -0.15) is 0 Å². The maximum absolute atomic E-state index is 11.5. The molecule has 82 valence electrons. The molecule has 6 heteroatoms. The van der Waals surface area contributed by atoms with Gasteiger partial charge in [-0.1, -0.05) is 12.2 Å². The summed E-state index contributed by atoms with van der Waals surface area (Å²) in [5, 5.41) is 4.50. The number of hydrogen-bond donors (Lipinski definition) is 2. The van der Waals surface area contributed by atoms with Crippen molar-refractivity contribution in [3.8, 4) is 5.75 Å². The van der Waals surface area contributed by atoms with E-state index in [9.17, 15) is 4.79 Å². The highest BCUT2D eigenvalue weighted by Crippen LogP contribution is 2.20. The number of methoxy groups -OCH3 is 1. The van der Waals surface area contributed by atoms with Gasteiger partial charge in [0, 0.05) is 24.4 Å². The minimum Gasteiger partial charge on any atom is -0.496 e. The molecule has 0 aliphatic heterocycles. The summed E-state index contributed by atoms with van der Waals surface area (Å²) in [6.45, 7) is 0.467. The zero-order valence-corrected chi connectivity index (χ0v) is 9.91. The fourth-order valence-corrected chi connectivity index (χ4v) is 1.80. The van der Waals surface area contributed by atoms with Crippen molar-refractivity contribution in [1.82, 2.24) is 5.32 Å². The SMILES string of the molecule is COc1csc(C(=O)NCCC(N)=S)c1. The van der Waals surface area contributed by atoms with Crippen LogP contribution >= 0.6 is 23.6 Å². The zero-order valence-electron chi connectivity index (χ0n) is 8.28. The Labute approximate surface area is 97.4 Å². The fraction of sp³-hybridized carbons (Fsp3) is 0.333. The number of hydrogen-bond acceptors (Lipinski definition) is 4. The van der Waals surface area contributed by atoms with E-state index >= 15 is 0 Å². The van der Waals surface area contributed by atoms with Crippen molar-refractivity contribution in [2.24, 2.45) is 5.73 Å². The van der Waals surface area contributed by atoms with Gasteiger partial charge in [0.25, 0.3) is 5.91 Å². The van der Waals surface area contributed by atoms with Crippen LogP contribution in [0.15, 0.2) is 11.4 Å². The lowest BCUT2D eigenvalue weighted by molar-refractivity contribution is 0.0958. The second-order valence-electron chi connectivity index (χ2n) is 2.82. The molecular formula is C9H12N2O2S2. The molecule has 1 rings (SSSR count). The lowest BCUT2D eigenvalue weighted by Crippen LogP contribution is -2.26. The standard InChI is InChI=1S/C9H12N2O2S2/c1-13-6-4-7(15-5-6)9(12)11-3-2-8(10)14/h4-5H,2-3H2,1H3,(H2,10,14)(H,11,12). The Morgan fingerprint density at radius 3 is 3.00 bits per heavy atom. The van der Waals surface area contributed by atoms with Crippen molar-refractivity contribution in [2.45, 2.75) is 6.42 Å². The molecule has 1 aromatic heterocycles. The Bertz CT molecular complexity index is 363. The summed E-state index contributed by atoms with van der Waals surface area (Å²) in [5.74, 6) is 0.569. The summed E-state index contributed by atoms with van der Waals surface area (Å²) in [4.78, 5) is 12.5. The molecular weight excluding hydrogens is 232 g/mol. The number of carbonyl (C=O) groups is 1. The van der Waals surface area contributed by atoms with Gasteiger partial charge in [-0.15, -0.1) is 11.3 Å². The first-order valence-corrected chi connectivity index (χ1v) is 5.61. The summed E-state index contributed by atoms with van der Waals surface area (Å²) in [6, 6.07) is 1.70. The van der Waals surface area contributed by atoms with E-state index in [0.717, 1.165) is 0 Å². The van der Waals surface area contributed by atoms with E-state index in [1.165, 1.54) is 11.3 Å². The van der Waals surface area contributed by atoms with Gasteiger partial charge >= 0.3 is 0 Å². The molecule has 0 atom stereocenters. The maximum atomic E-state index is 11.5. The van der Waals surface area contributed by atoms with Crippen LogP contribution in [-0.4, -0.2) is 24.6 Å². The van der Waals surface area contributed by atoms with Crippen LogP contribution in [0.3, 0.4) is 0 Å². The lowest BCUT2D eigenvalue weighted by atomic mass is 10.4. The van der Waals surface area contributed by atoms with Crippen LogP contribution in [0.5, 0.6) is 5.75 Å². The second kappa shape index (κ2) is 5.67. The first-order chi connectivity index (χ1) is 7.13. The number of nitrogens with two attached hydrogens (primary N) is 1. The van der Waals surface area contributed by atoms with Crippen molar-refractivity contribution in [2.75, 3.05) is 13.7 Å². The Morgan fingerprint density at radius 1 is 1.73 bits per heavy atom. The number of ether oxygens (including phenoxy) is 1. The van der Waals surface area contributed by atoms with E-state index in [4.69, 9.17) is 22.7 Å². The van der Waals surface area contributed by atoms with Crippen molar-refractivity contribution in [1.29, 1.82) is 0 Å².